The van der Waals surface area contributed by atoms with Gasteiger partial charge in [-0.15, -0.1) is 0 Å². The number of aryl methyl sites for hydroxylation is 2. The van der Waals surface area contributed by atoms with E-state index in [1.807, 2.05) is 28.8 Å². The number of benzene rings is 1. The molecule has 1 aromatic carbocycles. The maximum absolute atomic E-state index is 12.7. The van der Waals surface area contributed by atoms with Crippen molar-refractivity contribution in [3.8, 4) is 17.7 Å². The normalized spacial score (nSPS) is 10.8. The zero-order valence-corrected chi connectivity index (χ0v) is 16.5. The molecule has 9 heteroatoms. The largest absolute Gasteiger partial charge is 0.461 e. The van der Waals surface area contributed by atoms with Crippen LogP contribution in [0.25, 0.3) is 22.5 Å². The number of ketones is 1. The van der Waals surface area contributed by atoms with Crippen LogP contribution in [0.2, 0.25) is 0 Å². The average molecular weight is 418 g/mol. The molecule has 4 aromatic rings. The van der Waals surface area contributed by atoms with E-state index in [9.17, 15) is 9.59 Å². The van der Waals surface area contributed by atoms with E-state index >= 15 is 0 Å². The Kier molecular flexibility index (Phi) is 5.89. The minimum absolute atomic E-state index is 0.00298. The van der Waals surface area contributed by atoms with Gasteiger partial charge in [0.1, 0.15) is 0 Å². The highest BCUT2D eigenvalue weighted by Crippen LogP contribution is 2.22. The predicted molar refractivity (Wildman–Crippen MR) is 108 cm³/mol. The van der Waals surface area contributed by atoms with Crippen LogP contribution >= 0.6 is 0 Å². The Balaban J connectivity index is 1.33. The van der Waals surface area contributed by atoms with E-state index in [0.29, 0.717) is 30.1 Å². The fourth-order valence-electron chi connectivity index (χ4n) is 3.19. The molecule has 0 saturated heterocycles. The first-order chi connectivity index (χ1) is 15.2. The summed E-state index contributed by atoms with van der Waals surface area (Å²) in [4.78, 5) is 28.9. The van der Waals surface area contributed by atoms with E-state index in [-0.39, 0.29) is 31.1 Å². The number of para-hydroxylation sites is 1. The molecule has 156 valence electrons. The Labute approximate surface area is 176 Å². The Morgan fingerprint density at radius 1 is 1.19 bits per heavy atom. The monoisotopic (exact) mass is 418 g/mol. The summed E-state index contributed by atoms with van der Waals surface area (Å²) in [6.45, 7) is 0.112. The van der Waals surface area contributed by atoms with Crippen LogP contribution < -0.4 is 0 Å². The molecule has 0 aliphatic carbocycles. The lowest BCUT2D eigenvalue weighted by Crippen LogP contribution is -2.14. The number of hydrogen-bond donors (Lipinski definition) is 0. The Hall–Kier alpha value is -4.19. The molecule has 0 aliphatic heterocycles. The third kappa shape index (κ3) is 4.53. The summed E-state index contributed by atoms with van der Waals surface area (Å²) in [6.07, 6.45) is 3.72. The number of nitrogens with zero attached hydrogens (tertiary/aromatic N) is 4. The van der Waals surface area contributed by atoms with Gasteiger partial charge in [-0.1, -0.05) is 23.4 Å². The number of fused-ring (bicyclic) bond motifs is 1. The van der Waals surface area contributed by atoms with Crippen molar-refractivity contribution in [3.63, 3.8) is 0 Å². The van der Waals surface area contributed by atoms with Crippen LogP contribution in [0.15, 0.2) is 57.8 Å². The summed E-state index contributed by atoms with van der Waals surface area (Å²) in [5.74, 6) is 0.196. The van der Waals surface area contributed by atoms with Gasteiger partial charge >= 0.3 is 5.97 Å². The van der Waals surface area contributed by atoms with E-state index in [1.54, 1.807) is 18.3 Å². The highest BCUT2D eigenvalue weighted by Gasteiger charge is 2.18. The van der Waals surface area contributed by atoms with Crippen molar-refractivity contribution >= 4 is 22.7 Å². The fourth-order valence-corrected chi connectivity index (χ4v) is 3.19. The maximum atomic E-state index is 12.7. The molecule has 0 unspecified atom stereocenters. The molecule has 9 nitrogen and oxygen atoms in total. The zero-order chi connectivity index (χ0) is 21.6. The summed E-state index contributed by atoms with van der Waals surface area (Å²) in [6, 6.07) is 12.9. The van der Waals surface area contributed by atoms with Crippen LogP contribution in [0, 0.1) is 11.3 Å². The van der Waals surface area contributed by atoms with E-state index in [4.69, 9.17) is 18.9 Å². The molecule has 0 saturated carbocycles. The van der Waals surface area contributed by atoms with Crippen molar-refractivity contribution in [2.24, 2.45) is 0 Å². The topological polar surface area (TPSA) is 124 Å². The van der Waals surface area contributed by atoms with Gasteiger partial charge in [0.25, 0.3) is 0 Å². The molecular formula is C22H18N4O5. The number of esters is 1. The lowest BCUT2D eigenvalue weighted by atomic mass is 10.1. The molecule has 31 heavy (non-hydrogen) atoms. The summed E-state index contributed by atoms with van der Waals surface area (Å²) in [5.41, 5.74) is 1.32. The molecule has 0 spiro atoms. The molecule has 0 bridgehead atoms. The van der Waals surface area contributed by atoms with Crippen molar-refractivity contribution in [1.82, 2.24) is 14.7 Å². The third-order valence-electron chi connectivity index (χ3n) is 4.67. The number of nitriles is 1. The van der Waals surface area contributed by atoms with E-state index in [0.717, 1.165) is 10.9 Å². The number of rotatable bonds is 9. The third-order valence-corrected chi connectivity index (χ3v) is 4.67. The zero-order valence-electron chi connectivity index (χ0n) is 16.5. The van der Waals surface area contributed by atoms with Gasteiger partial charge < -0.3 is 18.2 Å². The minimum atomic E-state index is -0.542. The number of aromatic nitrogens is 3. The molecule has 0 fully saturated rings. The van der Waals surface area contributed by atoms with Gasteiger partial charge in [0, 0.05) is 35.6 Å². The van der Waals surface area contributed by atoms with Crippen molar-refractivity contribution < 1.29 is 23.3 Å². The van der Waals surface area contributed by atoms with Crippen LogP contribution in [0.1, 0.15) is 29.1 Å². The molecule has 0 amide bonds. The maximum Gasteiger partial charge on any atom is 0.306 e. The quantitative estimate of drug-likeness (QED) is 0.298. The highest BCUT2D eigenvalue weighted by molar-refractivity contribution is 6.09. The second kappa shape index (κ2) is 9.09. The number of furan rings is 1. The van der Waals surface area contributed by atoms with Crippen molar-refractivity contribution in [2.75, 3.05) is 6.61 Å². The summed E-state index contributed by atoms with van der Waals surface area (Å²) in [5, 5.41) is 13.4. The fraction of sp³-hybridized carbons (Fsp3) is 0.227. The second-order valence-corrected chi connectivity index (χ2v) is 6.73. The number of carbonyl (C=O) groups excluding carboxylic acids is 2. The Bertz CT molecular complexity index is 1250. The van der Waals surface area contributed by atoms with Gasteiger partial charge in [-0.3, -0.25) is 9.59 Å². The molecule has 0 N–H and O–H groups in total. The standard InChI is InChI=1S/C22H18N4O5/c23-10-4-11-26-13-16(15-5-1-2-6-17(15)26)18(27)14-30-21(28)9-8-20-24-22(25-31-20)19-7-3-12-29-19/h1-3,5-7,12-13H,4,8-9,11,14H2. The molecule has 4 rings (SSSR count). The number of hydrogen-bond acceptors (Lipinski definition) is 8. The van der Waals surface area contributed by atoms with Crippen LogP contribution in [-0.2, 0) is 22.5 Å². The average Bonchev–Trinajstić information content (AvgIpc) is 3.54. The van der Waals surface area contributed by atoms with Gasteiger partial charge in [-0.25, -0.2) is 0 Å². The van der Waals surface area contributed by atoms with Gasteiger partial charge in [-0.05, 0) is 18.2 Å². The molecule has 0 aliphatic rings. The van der Waals surface area contributed by atoms with E-state index in [1.165, 1.54) is 6.26 Å². The summed E-state index contributed by atoms with van der Waals surface area (Å²) in [7, 11) is 0. The molecule has 3 aromatic heterocycles. The number of carbonyl (C=O) groups is 2. The van der Waals surface area contributed by atoms with Gasteiger partial charge in [0.05, 0.1) is 25.2 Å². The van der Waals surface area contributed by atoms with Crippen molar-refractivity contribution in [3.05, 3.63) is 60.3 Å². The molecule has 0 atom stereocenters. The van der Waals surface area contributed by atoms with E-state index in [2.05, 4.69) is 16.2 Å². The second-order valence-electron chi connectivity index (χ2n) is 6.73. The van der Waals surface area contributed by atoms with Crippen molar-refractivity contribution in [1.29, 1.82) is 5.26 Å². The van der Waals surface area contributed by atoms with Crippen LogP contribution in [-0.4, -0.2) is 33.1 Å². The summed E-state index contributed by atoms with van der Waals surface area (Å²) >= 11 is 0. The smallest absolute Gasteiger partial charge is 0.306 e. The SMILES string of the molecule is N#CCCn1cc(C(=O)COC(=O)CCc2nc(-c3ccco3)no2)c2ccccc21. The lowest BCUT2D eigenvalue weighted by Gasteiger charge is -2.02. The predicted octanol–water partition coefficient (Wildman–Crippen LogP) is 3.56. The lowest BCUT2D eigenvalue weighted by molar-refractivity contribution is -0.142. The van der Waals surface area contributed by atoms with Crippen LogP contribution in [0.5, 0.6) is 0 Å². The van der Waals surface area contributed by atoms with Crippen molar-refractivity contribution in [2.45, 2.75) is 25.8 Å². The Morgan fingerprint density at radius 2 is 2.06 bits per heavy atom. The number of ether oxygens (including phenoxy) is 1. The minimum Gasteiger partial charge on any atom is -0.461 e. The first-order valence-electron chi connectivity index (χ1n) is 9.66. The van der Waals surface area contributed by atoms with Gasteiger partial charge in [-0.2, -0.15) is 10.2 Å². The van der Waals surface area contributed by atoms with Gasteiger partial charge in [0.2, 0.25) is 17.5 Å². The highest BCUT2D eigenvalue weighted by atomic mass is 16.5. The Morgan fingerprint density at radius 3 is 2.87 bits per heavy atom. The van der Waals surface area contributed by atoms with Gasteiger partial charge in [0.15, 0.2) is 12.4 Å². The molecular weight excluding hydrogens is 400 g/mol. The summed E-state index contributed by atoms with van der Waals surface area (Å²) < 4.78 is 17.3. The molecule has 0 radical (unpaired) electrons. The van der Waals surface area contributed by atoms with Crippen LogP contribution in [0.3, 0.4) is 0 Å². The first-order valence-corrected chi connectivity index (χ1v) is 9.66. The number of Topliss-reactive ketones (excluding diaryl/α,β-unsaturated/α-hetero) is 1. The van der Waals surface area contributed by atoms with E-state index < -0.39 is 5.97 Å². The first kappa shape index (κ1) is 20.1. The molecule has 3 heterocycles. The van der Waals surface area contributed by atoms with Crippen LogP contribution in [0.4, 0.5) is 0 Å².